The van der Waals surface area contributed by atoms with Crippen molar-refractivity contribution in [2.24, 2.45) is 0 Å². The van der Waals surface area contributed by atoms with Gasteiger partial charge in [-0.3, -0.25) is 0 Å². The van der Waals surface area contributed by atoms with E-state index < -0.39 is 0 Å². The molecule has 0 unspecified atom stereocenters. The number of aryl methyl sites for hydroxylation is 1. The van der Waals surface area contributed by atoms with Crippen LogP contribution < -0.4 is 4.90 Å². The van der Waals surface area contributed by atoms with Crippen molar-refractivity contribution in [3.8, 4) is 6.07 Å². The van der Waals surface area contributed by atoms with E-state index in [0.29, 0.717) is 18.2 Å². The Hall–Kier alpha value is -2.35. The maximum Gasteiger partial charge on any atom is 0.227 e. The minimum atomic E-state index is 0.385. The number of rotatable bonds is 4. The average molecular weight is 242 g/mol. The van der Waals surface area contributed by atoms with Crippen molar-refractivity contribution in [1.29, 1.82) is 5.26 Å². The Bertz CT molecular complexity index is 557. The van der Waals surface area contributed by atoms with E-state index in [0.717, 1.165) is 18.0 Å². The molecule has 0 radical (unpaired) electrons. The zero-order valence-electron chi connectivity index (χ0n) is 10.4. The third-order valence-electron chi connectivity index (χ3n) is 2.55. The highest BCUT2D eigenvalue weighted by molar-refractivity contribution is 5.36. The van der Waals surface area contributed by atoms with Crippen molar-refractivity contribution in [3.63, 3.8) is 0 Å². The number of hydrogen-bond donors (Lipinski definition) is 0. The molecule has 92 valence electrons. The summed E-state index contributed by atoms with van der Waals surface area (Å²) in [6.45, 7) is 5.21. The lowest BCUT2D eigenvalue weighted by molar-refractivity contribution is 0.501. The normalized spacial score (nSPS) is 10.1. The molecule has 0 aliphatic rings. The van der Waals surface area contributed by atoms with Gasteiger partial charge in [-0.1, -0.05) is 0 Å². The molecule has 0 amide bonds. The average Bonchev–Trinajstić information content (AvgIpc) is 2.88. The first-order valence-corrected chi connectivity index (χ1v) is 5.76. The maximum atomic E-state index is 8.92. The SMILES string of the molecule is CCN(Cc1ccco1)c1nc(C)cc(C#N)n1. The van der Waals surface area contributed by atoms with Crippen LogP contribution in [0.25, 0.3) is 0 Å². The Morgan fingerprint density at radius 2 is 2.28 bits per heavy atom. The zero-order valence-corrected chi connectivity index (χ0v) is 10.4. The first-order chi connectivity index (χ1) is 8.72. The van der Waals surface area contributed by atoms with Crippen LogP contribution in [0.15, 0.2) is 28.9 Å². The minimum Gasteiger partial charge on any atom is -0.467 e. The van der Waals surface area contributed by atoms with Gasteiger partial charge in [0.2, 0.25) is 5.95 Å². The topological polar surface area (TPSA) is 66.0 Å². The molecule has 0 saturated carbocycles. The van der Waals surface area contributed by atoms with Crippen LogP contribution in [0.2, 0.25) is 0 Å². The fourth-order valence-electron chi connectivity index (χ4n) is 1.67. The zero-order chi connectivity index (χ0) is 13.0. The number of aromatic nitrogens is 2. The monoisotopic (exact) mass is 242 g/mol. The molecule has 0 atom stereocenters. The summed E-state index contributed by atoms with van der Waals surface area (Å²) in [6, 6.07) is 7.47. The first-order valence-electron chi connectivity index (χ1n) is 5.76. The predicted molar refractivity (Wildman–Crippen MR) is 66.9 cm³/mol. The Kier molecular flexibility index (Phi) is 3.58. The Balaban J connectivity index is 2.27. The molecule has 2 aromatic rings. The van der Waals surface area contributed by atoms with Crippen molar-refractivity contribution >= 4 is 5.95 Å². The van der Waals surface area contributed by atoms with Gasteiger partial charge in [-0.25, -0.2) is 9.97 Å². The summed E-state index contributed by atoms with van der Waals surface area (Å²) in [5.74, 6) is 1.41. The highest BCUT2D eigenvalue weighted by atomic mass is 16.3. The molecule has 0 aliphatic heterocycles. The van der Waals surface area contributed by atoms with Crippen LogP contribution in [-0.2, 0) is 6.54 Å². The molecule has 5 nitrogen and oxygen atoms in total. The molecule has 0 spiro atoms. The number of nitriles is 1. The van der Waals surface area contributed by atoms with Crippen molar-refractivity contribution in [2.45, 2.75) is 20.4 Å². The maximum absolute atomic E-state index is 8.92. The Labute approximate surface area is 106 Å². The van der Waals surface area contributed by atoms with Crippen molar-refractivity contribution < 1.29 is 4.42 Å². The highest BCUT2D eigenvalue weighted by Gasteiger charge is 2.11. The molecule has 0 N–H and O–H groups in total. The van der Waals surface area contributed by atoms with Crippen molar-refractivity contribution in [2.75, 3.05) is 11.4 Å². The summed E-state index contributed by atoms with van der Waals surface area (Å²) in [6.07, 6.45) is 1.64. The van der Waals surface area contributed by atoms with Gasteiger partial charge in [-0.15, -0.1) is 0 Å². The van der Waals surface area contributed by atoms with Crippen LogP contribution in [0.1, 0.15) is 24.1 Å². The van der Waals surface area contributed by atoms with Gasteiger partial charge in [-0.05, 0) is 32.0 Å². The van der Waals surface area contributed by atoms with Crippen molar-refractivity contribution in [1.82, 2.24) is 9.97 Å². The lowest BCUT2D eigenvalue weighted by atomic mass is 10.3. The molecule has 0 aromatic carbocycles. The second-order valence-corrected chi connectivity index (χ2v) is 3.90. The minimum absolute atomic E-state index is 0.385. The third-order valence-corrected chi connectivity index (χ3v) is 2.55. The van der Waals surface area contributed by atoms with Crippen LogP contribution in [0, 0.1) is 18.3 Å². The van der Waals surface area contributed by atoms with Gasteiger partial charge in [0, 0.05) is 12.2 Å². The molecular weight excluding hydrogens is 228 g/mol. The molecule has 2 rings (SSSR count). The summed E-state index contributed by atoms with van der Waals surface area (Å²) in [4.78, 5) is 10.5. The summed E-state index contributed by atoms with van der Waals surface area (Å²) in [7, 11) is 0. The summed E-state index contributed by atoms with van der Waals surface area (Å²) in [5.41, 5.74) is 1.17. The van der Waals surface area contributed by atoms with Crippen LogP contribution >= 0.6 is 0 Å². The van der Waals surface area contributed by atoms with Crippen molar-refractivity contribution in [3.05, 3.63) is 41.6 Å². The predicted octanol–water partition coefficient (Wildman–Crippen LogP) is 2.28. The van der Waals surface area contributed by atoms with Gasteiger partial charge in [0.05, 0.1) is 12.8 Å². The van der Waals surface area contributed by atoms with Gasteiger partial charge < -0.3 is 9.32 Å². The first kappa shape index (κ1) is 12.1. The second-order valence-electron chi connectivity index (χ2n) is 3.90. The van der Waals surface area contributed by atoms with E-state index in [9.17, 15) is 0 Å². The summed E-state index contributed by atoms with van der Waals surface area (Å²) >= 11 is 0. The van der Waals surface area contributed by atoms with Gasteiger partial charge in [-0.2, -0.15) is 5.26 Å². The van der Waals surface area contributed by atoms with Crippen LogP contribution in [-0.4, -0.2) is 16.5 Å². The van der Waals surface area contributed by atoms with E-state index in [1.165, 1.54) is 0 Å². The van der Waals surface area contributed by atoms with E-state index in [4.69, 9.17) is 9.68 Å². The number of nitrogens with zero attached hydrogens (tertiary/aromatic N) is 4. The highest BCUT2D eigenvalue weighted by Crippen LogP contribution is 2.14. The van der Waals surface area contributed by atoms with E-state index in [2.05, 4.69) is 9.97 Å². The molecular formula is C13H14N4O. The van der Waals surface area contributed by atoms with E-state index in [1.807, 2.05) is 36.9 Å². The molecule has 0 fully saturated rings. The van der Waals surface area contributed by atoms with Gasteiger partial charge in [0.15, 0.2) is 0 Å². The Morgan fingerprint density at radius 1 is 1.44 bits per heavy atom. The molecule has 2 heterocycles. The lowest BCUT2D eigenvalue weighted by Gasteiger charge is -2.19. The second kappa shape index (κ2) is 5.32. The number of hydrogen-bond acceptors (Lipinski definition) is 5. The van der Waals surface area contributed by atoms with Gasteiger partial charge in [0.1, 0.15) is 17.5 Å². The molecule has 0 saturated heterocycles. The fraction of sp³-hybridized carbons (Fsp3) is 0.308. The molecule has 5 heteroatoms. The summed E-state index contributed by atoms with van der Waals surface area (Å²) < 4.78 is 5.31. The fourth-order valence-corrected chi connectivity index (χ4v) is 1.67. The van der Waals surface area contributed by atoms with Crippen LogP contribution in [0.4, 0.5) is 5.95 Å². The van der Waals surface area contributed by atoms with E-state index in [1.54, 1.807) is 12.3 Å². The molecule has 0 aliphatic carbocycles. The number of furan rings is 1. The largest absolute Gasteiger partial charge is 0.467 e. The molecule has 2 aromatic heterocycles. The quantitative estimate of drug-likeness (QED) is 0.822. The van der Waals surface area contributed by atoms with E-state index in [-0.39, 0.29) is 0 Å². The summed E-state index contributed by atoms with van der Waals surface area (Å²) in [5, 5.41) is 8.92. The Morgan fingerprint density at radius 3 is 2.89 bits per heavy atom. The number of anilines is 1. The van der Waals surface area contributed by atoms with Gasteiger partial charge in [0.25, 0.3) is 0 Å². The lowest BCUT2D eigenvalue weighted by Crippen LogP contribution is -2.24. The van der Waals surface area contributed by atoms with Crippen LogP contribution in [0.3, 0.4) is 0 Å². The van der Waals surface area contributed by atoms with Crippen LogP contribution in [0.5, 0.6) is 0 Å². The third kappa shape index (κ3) is 2.66. The van der Waals surface area contributed by atoms with E-state index >= 15 is 0 Å². The van der Waals surface area contributed by atoms with Gasteiger partial charge >= 0.3 is 0 Å². The smallest absolute Gasteiger partial charge is 0.227 e. The standard InChI is InChI=1S/C13H14N4O/c1-3-17(9-12-5-4-6-18-12)13-15-10(2)7-11(8-14)16-13/h4-7H,3,9H2,1-2H3. The molecule has 18 heavy (non-hydrogen) atoms. The molecule has 0 bridgehead atoms.